The zero-order valence-electron chi connectivity index (χ0n) is 28.6. The molecule has 0 bridgehead atoms. The lowest BCUT2D eigenvalue weighted by Gasteiger charge is -2.32. The van der Waals surface area contributed by atoms with Crippen molar-refractivity contribution in [2.24, 2.45) is 5.10 Å². The van der Waals surface area contributed by atoms with Gasteiger partial charge in [-0.2, -0.15) is 5.10 Å². The van der Waals surface area contributed by atoms with Crippen LogP contribution in [0.5, 0.6) is 23.0 Å². The van der Waals surface area contributed by atoms with Crippen molar-refractivity contribution in [3.05, 3.63) is 89.8 Å². The van der Waals surface area contributed by atoms with E-state index in [0.29, 0.717) is 40.4 Å². The summed E-state index contributed by atoms with van der Waals surface area (Å²) >= 11 is 0. The monoisotopic (exact) mass is 692 g/mol. The first-order valence-electron chi connectivity index (χ1n) is 16.6. The maximum Gasteiger partial charge on any atom is 0.279 e. The Balaban J connectivity index is 1.17. The molecule has 1 fully saturated rings. The molecule has 262 valence electrons. The normalized spacial score (nSPS) is 14.9. The summed E-state index contributed by atoms with van der Waals surface area (Å²) in [6, 6.07) is 16.1. The number of aryl methyl sites for hydroxylation is 1. The quantitative estimate of drug-likeness (QED) is 0.151. The molecule has 0 aliphatic carbocycles. The van der Waals surface area contributed by atoms with Gasteiger partial charge in [-0.3, -0.25) is 9.78 Å². The van der Waals surface area contributed by atoms with Gasteiger partial charge in [0.05, 0.1) is 24.9 Å². The number of halogens is 1. The standard InChI is InChI=1S/C38H37FN6O6/c1-25-8-11-27(12-9-25)45-36(24-47)43(2)31(23-46)37(42-45)38(48)41-26-10-13-33(29(39)20-26)51-32-14-15-40-30-22-35(34(49-3)21-28(30)32)50-19-7-18-44-16-5-4-6-17-44/h8-15,20-22H,4-7,16-19H2,1-3H3,(H,41,48). The van der Waals surface area contributed by atoms with Crippen molar-refractivity contribution < 1.29 is 33.0 Å². The minimum Gasteiger partial charge on any atom is -0.493 e. The Labute approximate surface area is 294 Å². The van der Waals surface area contributed by atoms with Crippen LogP contribution in [0.25, 0.3) is 10.9 Å². The van der Waals surface area contributed by atoms with Crippen molar-refractivity contribution in [3.8, 4) is 23.0 Å². The molecule has 4 aromatic rings. The summed E-state index contributed by atoms with van der Waals surface area (Å²) in [6.07, 6.45) is 6.23. The topological polar surface area (TPSA) is 126 Å². The number of aromatic nitrogens is 1. The number of hydrazone groups is 1. The Hall–Kier alpha value is -6.00. The molecular formula is C38H37FN6O6. The van der Waals surface area contributed by atoms with Crippen molar-refractivity contribution in [2.75, 3.05) is 50.7 Å². The van der Waals surface area contributed by atoms with E-state index in [9.17, 15) is 14.4 Å². The highest BCUT2D eigenvalue weighted by molar-refractivity contribution is 6.50. The molecule has 0 saturated carbocycles. The van der Waals surface area contributed by atoms with E-state index in [-0.39, 0.29) is 28.7 Å². The number of carbonyl (C=O) groups excluding carboxylic acids is 3. The van der Waals surface area contributed by atoms with Crippen LogP contribution in [-0.2, 0) is 14.4 Å². The van der Waals surface area contributed by atoms with Gasteiger partial charge in [-0.1, -0.05) is 24.1 Å². The molecule has 3 heterocycles. The maximum absolute atomic E-state index is 15.5. The number of ether oxygens (including phenoxy) is 3. The molecule has 1 aromatic heterocycles. The average Bonchev–Trinajstić information content (AvgIpc) is 3.14. The van der Waals surface area contributed by atoms with Gasteiger partial charge in [0.25, 0.3) is 5.91 Å². The highest BCUT2D eigenvalue weighted by atomic mass is 19.1. The van der Waals surface area contributed by atoms with E-state index in [4.69, 9.17) is 14.2 Å². The fourth-order valence-electron chi connectivity index (χ4n) is 5.96. The molecule has 0 atom stereocenters. The van der Waals surface area contributed by atoms with Crippen molar-refractivity contribution in [2.45, 2.75) is 32.6 Å². The number of hydrogen-bond acceptors (Lipinski definition) is 11. The highest BCUT2D eigenvalue weighted by Gasteiger charge is 2.34. The fourth-order valence-corrected chi connectivity index (χ4v) is 5.96. The minimum atomic E-state index is -0.827. The Morgan fingerprint density at radius 3 is 2.43 bits per heavy atom. The minimum absolute atomic E-state index is 0.0717. The number of methoxy groups -OCH3 is 1. The van der Waals surface area contributed by atoms with E-state index in [2.05, 4.69) is 20.3 Å². The lowest BCUT2D eigenvalue weighted by molar-refractivity contribution is -0.110. The molecule has 1 amide bonds. The van der Waals surface area contributed by atoms with E-state index in [1.807, 2.05) is 6.92 Å². The molecular weight excluding hydrogens is 655 g/mol. The molecule has 2 aliphatic heterocycles. The van der Waals surface area contributed by atoms with Crippen molar-refractivity contribution in [1.82, 2.24) is 14.8 Å². The molecule has 6 rings (SSSR count). The summed E-state index contributed by atoms with van der Waals surface area (Å²) in [6.45, 7) is 5.67. The van der Waals surface area contributed by atoms with Crippen LogP contribution in [0.3, 0.4) is 0 Å². The number of hydrogen-bond donors (Lipinski definition) is 1. The van der Waals surface area contributed by atoms with E-state index in [0.717, 1.165) is 37.7 Å². The van der Waals surface area contributed by atoms with Crippen LogP contribution >= 0.6 is 0 Å². The average molecular weight is 693 g/mol. The molecule has 0 spiro atoms. The predicted octanol–water partition coefficient (Wildman–Crippen LogP) is 5.87. The van der Waals surface area contributed by atoms with Crippen LogP contribution in [0.15, 0.2) is 83.5 Å². The number of pyridine rings is 1. The Kier molecular flexibility index (Phi) is 10.7. The summed E-state index contributed by atoms with van der Waals surface area (Å²) in [5, 5.41) is 8.61. The van der Waals surface area contributed by atoms with E-state index < -0.39 is 11.7 Å². The van der Waals surface area contributed by atoms with Crippen LogP contribution in [0.4, 0.5) is 15.8 Å². The summed E-state index contributed by atoms with van der Waals surface area (Å²) in [4.78, 5) is 45.2. The number of piperidine rings is 1. The van der Waals surface area contributed by atoms with Crippen LogP contribution in [0, 0.1) is 12.7 Å². The lowest BCUT2D eigenvalue weighted by atomic mass is 10.1. The number of amides is 1. The van der Waals surface area contributed by atoms with Gasteiger partial charge >= 0.3 is 0 Å². The van der Waals surface area contributed by atoms with Gasteiger partial charge in [-0.15, -0.1) is 0 Å². The smallest absolute Gasteiger partial charge is 0.279 e. The third-order valence-electron chi connectivity index (χ3n) is 8.68. The van der Waals surface area contributed by atoms with Crippen LogP contribution < -0.4 is 24.5 Å². The number of nitrogens with zero attached hydrogens (tertiary/aromatic N) is 5. The molecule has 13 heteroatoms. The number of fused-ring (bicyclic) bond motifs is 1. The van der Waals surface area contributed by atoms with Gasteiger partial charge < -0.3 is 29.3 Å². The number of anilines is 2. The number of nitrogens with one attached hydrogen (secondary N) is 1. The summed E-state index contributed by atoms with van der Waals surface area (Å²) in [7, 11) is 2.97. The number of rotatable bonds is 11. The molecule has 2 aliphatic rings. The van der Waals surface area contributed by atoms with Crippen LogP contribution in [0.1, 0.15) is 31.2 Å². The summed E-state index contributed by atoms with van der Waals surface area (Å²) in [5.41, 5.74) is 1.45. The summed E-state index contributed by atoms with van der Waals surface area (Å²) < 4.78 is 33.1. The molecule has 12 nitrogen and oxygen atoms in total. The Bertz CT molecular complexity index is 2070. The zero-order valence-corrected chi connectivity index (χ0v) is 28.6. The largest absolute Gasteiger partial charge is 0.493 e. The Morgan fingerprint density at radius 2 is 1.73 bits per heavy atom. The van der Waals surface area contributed by atoms with Crippen molar-refractivity contribution in [1.29, 1.82) is 0 Å². The van der Waals surface area contributed by atoms with E-state index in [1.165, 1.54) is 48.4 Å². The third-order valence-corrected chi connectivity index (χ3v) is 8.68. The number of benzene rings is 3. The second-order valence-corrected chi connectivity index (χ2v) is 12.2. The van der Waals surface area contributed by atoms with Gasteiger partial charge in [-0.25, -0.2) is 19.0 Å². The molecule has 1 N–H and O–H groups in total. The van der Waals surface area contributed by atoms with E-state index in [1.54, 1.807) is 67.7 Å². The molecule has 0 radical (unpaired) electrons. The molecule has 3 aromatic carbocycles. The second kappa shape index (κ2) is 15.7. The molecule has 0 unspecified atom stereocenters. The lowest BCUT2D eigenvalue weighted by Crippen LogP contribution is -2.43. The first-order chi connectivity index (χ1) is 24.8. The van der Waals surface area contributed by atoms with Gasteiger partial charge in [0.2, 0.25) is 5.82 Å². The van der Waals surface area contributed by atoms with Crippen LogP contribution in [0.2, 0.25) is 0 Å². The summed E-state index contributed by atoms with van der Waals surface area (Å²) in [5.74, 6) is 3.01. The zero-order chi connectivity index (χ0) is 35.9. The third kappa shape index (κ3) is 7.76. The van der Waals surface area contributed by atoms with Crippen LogP contribution in [-0.4, -0.2) is 78.7 Å². The van der Waals surface area contributed by atoms with E-state index >= 15 is 4.39 Å². The van der Waals surface area contributed by atoms with Crippen molar-refractivity contribution >= 4 is 45.8 Å². The number of carbonyl (C=O) groups is 1. The van der Waals surface area contributed by atoms with Crippen molar-refractivity contribution in [3.63, 3.8) is 0 Å². The Morgan fingerprint density at radius 1 is 0.941 bits per heavy atom. The first kappa shape index (κ1) is 34.8. The number of likely N-dealkylation sites (tertiary alicyclic amines) is 1. The first-order valence-corrected chi connectivity index (χ1v) is 16.6. The van der Waals surface area contributed by atoms with Gasteiger partial charge in [0.1, 0.15) is 5.75 Å². The second-order valence-electron chi connectivity index (χ2n) is 12.2. The van der Waals surface area contributed by atoms with Gasteiger partial charge in [-0.05, 0) is 75.7 Å². The van der Waals surface area contributed by atoms with Gasteiger partial charge in [0, 0.05) is 43.0 Å². The maximum atomic E-state index is 15.5. The van der Waals surface area contributed by atoms with Gasteiger partial charge in [0.15, 0.2) is 46.4 Å². The predicted molar refractivity (Wildman–Crippen MR) is 191 cm³/mol. The highest BCUT2D eigenvalue weighted by Crippen LogP contribution is 2.38. The SMILES string of the molecule is COc1cc2c(Oc3ccc(NC(=O)C4=NN(c5ccc(C)cc5)C(=C=O)N(C)C4=C=O)cc3F)ccnc2cc1OCCCN1CCCCC1. The molecule has 51 heavy (non-hydrogen) atoms. The fraction of sp³-hybridized carbons (Fsp3) is 0.289. The molecule has 1 saturated heterocycles.